The molecule has 6 unspecified atom stereocenters. The van der Waals surface area contributed by atoms with E-state index < -0.39 is 47.4 Å². The third-order valence-electron chi connectivity index (χ3n) is 4.52. The van der Waals surface area contributed by atoms with Gasteiger partial charge in [0.1, 0.15) is 0 Å². The number of hydrogen-bond donors (Lipinski definition) is 4. The van der Waals surface area contributed by atoms with Gasteiger partial charge in [0.15, 0.2) is 0 Å². The fourth-order valence-electron chi connectivity index (χ4n) is 3.45. The second kappa shape index (κ2) is 6.98. The Labute approximate surface area is 115 Å². The molecule has 8 nitrogen and oxygen atoms in total. The van der Waals surface area contributed by atoms with Gasteiger partial charge in [0.25, 0.3) is 0 Å². The molecule has 116 valence electrons. The number of carbonyl (C=O) groups is 2. The molecule has 1 saturated carbocycles. The average molecular weight is 292 g/mol. The summed E-state index contributed by atoms with van der Waals surface area (Å²) in [5.41, 5.74) is 0. The molecule has 6 atom stereocenters. The average Bonchev–Trinajstić information content (AvgIpc) is 2.36. The first-order valence-electron chi connectivity index (χ1n) is 6.35. The Balaban J connectivity index is 3.16. The molecule has 1 aliphatic carbocycles. The molecule has 0 radical (unpaired) electrons. The van der Waals surface area contributed by atoms with Crippen LogP contribution in [0.4, 0.5) is 0 Å². The zero-order valence-electron chi connectivity index (χ0n) is 11.3. The van der Waals surface area contributed by atoms with Gasteiger partial charge in [-0.05, 0) is 23.7 Å². The molecule has 20 heavy (non-hydrogen) atoms. The highest BCUT2D eigenvalue weighted by atomic mass is 17.1. The number of hydrogen-bond acceptors (Lipinski definition) is 6. The van der Waals surface area contributed by atoms with Gasteiger partial charge in [-0.2, -0.15) is 0 Å². The summed E-state index contributed by atoms with van der Waals surface area (Å²) in [6.07, 6.45) is 0. The molecule has 4 N–H and O–H groups in total. The van der Waals surface area contributed by atoms with Crippen LogP contribution in [0.15, 0.2) is 0 Å². The van der Waals surface area contributed by atoms with Gasteiger partial charge in [0, 0.05) is 0 Å². The van der Waals surface area contributed by atoms with Crippen LogP contribution in [0.5, 0.6) is 0 Å². The van der Waals surface area contributed by atoms with Gasteiger partial charge < -0.3 is 10.2 Å². The first kappa shape index (κ1) is 16.8. The smallest absolute Gasteiger partial charge is 0.307 e. The second-order valence-corrected chi connectivity index (χ2v) is 5.37. The van der Waals surface area contributed by atoms with Crippen molar-refractivity contribution < 1.29 is 40.1 Å². The maximum absolute atomic E-state index is 11.4. The van der Waals surface area contributed by atoms with Gasteiger partial charge in [0.2, 0.25) is 0 Å². The van der Waals surface area contributed by atoms with E-state index in [2.05, 4.69) is 9.78 Å². The molecule has 0 aromatic carbocycles. The molecule has 0 bridgehead atoms. The molecule has 0 aliphatic heterocycles. The molecular weight excluding hydrogens is 272 g/mol. The Hall–Kier alpha value is -1.22. The molecule has 1 aliphatic rings. The predicted octanol–water partition coefficient (Wildman–Crippen LogP) is 0.885. The van der Waals surface area contributed by atoms with E-state index in [-0.39, 0.29) is 13.2 Å². The summed E-state index contributed by atoms with van der Waals surface area (Å²) in [6.45, 7) is 2.93. The Kier molecular flexibility index (Phi) is 5.88. The first-order valence-corrected chi connectivity index (χ1v) is 6.35. The fourth-order valence-corrected chi connectivity index (χ4v) is 3.45. The highest BCUT2D eigenvalue weighted by molar-refractivity contribution is 5.80. The van der Waals surface area contributed by atoms with Crippen molar-refractivity contribution in [1.29, 1.82) is 0 Å². The number of aliphatic carboxylic acids is 2. The van der Waals surface area contributed by atoms with Crippen LogP contribution in [0.3, 0.4) is 0 Å². The van der Waals surface area contributed by atoms with Crippen molar-refractivity contribution in [3.05, 3.63) is 0 Å². The third-order valence-corrected chi connectivity index (χ3v) is 4.52. The molecular formula is C12H20O8. The minimum Gasteiger partial charge on any atom is -0.481 e. The molecule has 1 fully saturated rings. The van der Waals surface area contributed by atoms with Gasteiger partial charge in [-0.25, -0.2) is 9.78 Å². The Bertz CT molecular complexity index is 323. The van der Waals surface area contributed by atoms with E-state index in [0.717, 1.165) is 0 Å². The highest BCUT2D eigenvalue weighted by Gasteiger charge is 2.53. The molecule has 1 rings (SSSR count). The zero-order valence-corrected chi connectivity index (χ0v) is 11.3. The topological polar surface area (TPSA) is 134 Å². The molecule has 8 heteroatoms. The van der Waals surface area contributed by atoms with Crippen molar-refractivity contribution in [3.63, 3.8) is 0 Å². The lowest BCUT2D eigenvalue weighted by atomic mass is 9.58. The van der Waals surface area contributed by atoms with E-state index in [9.17, 15) is 19.8 Å². The summed E-state index contributed by atoms with van der Waals surface area (Å²) in [4.78, 5) is 31.0. The van der Waals surface area contributed by atoms with Crippen molar-refractivity contribution in [2.24, 2.45) is 35.5 Å². The second-order valence-electron chi connectivity index (χ2n) is 5.37. The van der Waals surface area contributed by atoms with Crippen molar-refractivity contribution >= 4 is 11.9 Å². The molecule has 0 aromatic rings. The number of carboxylic acid groups (broad SMARTS) is 2. The van der Waals surface area contributed by atoms with Gasteiger partial charge in [0.05, 0.1) is 25.0 Å². The summed E-state index contributed by atoms with van der Waals surface area (Å²) < 4.78 is 0. The Morgan fingerprint density at radius 2 is 1.15 bits per heavy atom. The van der Waals surface area contributed by atoms with E-state index >= 15 is 0 Å². The van der Waals surface area contributed by atoms with Crippen LogP contribution in [0.2, 0.25) is 0 Å². The van der Waals surface area contributed by atoms with Crippen molar-refractivity contribution in [2.75, 3.05) is 13.2 Å². The maximum atomic E-state index is 11.4. The lowest BCUT2D eigenvalue weighted by molar-refractivity contribution is -0.285. The summed E-state index contributed by atoms with van der Waals surface area (Å²) in [5, 5.41) is 35.9. The summed E-state index contributed by atoms with van der Waals surface area (Å²) >= 11 is 0. The SMILES string of the molecule is CC1C(COO)C(COO)C(C)C(C(=O)O)C1C(=O)O. The summed E-state index contributed by atoms with van der Waals surface area (Å²) in [5.74, 6) is -6.51. The monoisotopic (exact) mass is 292 g/mol. The largest absolute Gasteiger partial charge is 0.481 e. The van der Waals surface area contributed by atoms with Crippen LogP contribution in [0.1, 0.15) is 13.8 Å². The minimum absolute atomic E-state index is 0.143. The Morgan fingerprint density at radius 1 is 0.850 bits per heavy atom. The fraction of sp³-hybridized carbons (Fsp3) is 0.833. The van der Waals surface area contributed by atoms with Gasteiger partial charge in [-0.3, -0.25) is 20.1 Å². The zero-order chi connectivity index (χ0) is 15.4. The predicted molar refractivity (Wildman–Crippen MR) is 64.7 cm³/mol. The van der Waals surface area contributed by atoms with Crippen LogP contribution in [-0.2, 0) is 19.4 Å². The van der Waals surface area contributed by atoms with Crippen molar-refractivity contribution in [2.45, 2.75) is 13.8 Å². The quantitative estimate of drug-likeness (QED) is 0.419. The van der Waals surface area contributed by atoms with Crippen LogP contribution >= 0.6 is 0 Å². The highest BCUT2D eigenvalue weighted by Crippen LogP contribution is 2.46. The lowest BCUT2D eigenvalue weighted by Gasteiger charge is -2.46. The summed E-state index contributed by atoms with van der Waals surface area (Å²) in [6, 6.07) is 0. The lowest BCUT2D eigenvalue weighted by Crippen LogP contribution is -2.52. The normalized spacial score (nSPS) is 37.6. The van der Waals surface area contributed by atoms with E-state index in [0.29, 0.717) is 0 Å². The molecule has 0 heterocycles. The first-order chi connectivity index (χ1) is 9.36. The van der Waals surface area contributed by atoms with E-state index in [1.165, 1.54) is 0 Å². The van der Waals surface area contributed by atoms with Crippen molar-refractivity contribution in [3.8, 4) is 0 Å². The van der Waals surface area contributed by atoms with Crippen molar-refractivity contribution in [1.82, 2.24) is 0 Å². The molecule has 0 saturated heterocycles. The summed E-state index contributed by atoms with van der Waals surface area (Å²) in [7, 11) is 0. The van der Waals surface area contributed by atoms with Crippen LogP contribution in [0, 0.1) is 35.5 Å². The maximum Gasteiger partial charge on any atom is 0.307 e. The van der Waals surface area contributed by atoms with Crippen LogP contribution in [0.25, 0.3) is 0 Å². The van der Waals surface area contributed by atoms with Gasteiger partial charge in [-0.1, -0.05) is 13.8 Å². The molecule has 0 aromatic heterocycles. The third kappa shape index (κ3) is 3.09. The number of rotatable bonds is 6. The minimum atomic E-state index is -1.19. The van der Waals surface area contributed by atoms with Crippen LogP contribution in [-0.4, -0.2) is 45.9 Å². The standard InChI is InChI=1S/C12H20O8/c1-5-7(3-19-17)8(4-20-18)6(2)10(12(15)16)9(5)11(13)14/h5-10,17-18H,3-4H2,1-2H3,(H,13,14)(H,15,16). The Morgan fingerprint density at radius 3 is 1.35 bits per heavy atom. The molecule has 0 amide bonds. The van der Waals surface area contributed by atoms with E-state index in [1.807, 2.05) is 0 Å². The molecule has 0 spiro atoms. The van der Waals surface area contributed by atoms with Gasteiger partial charge >= 0.3 is 11.9 Å². The number of carboxylic acids is 2. The van der Waals surface area contributed by atoms with E-state index in [4.69, 9.17) is 10.5 Å². The van der Waals surface area contributed by atoms with Gasteiger partial charge in [-0.15, -0.1) is 0 Å². The van der Waals surface area contributed by atoms with E-state index in [1.54, 1.807) is 13.8 Å². The van der Waals surface area contributed by atoms with Crippen LogP contribution < -0.4 is 0 Å².